The number of pyridine rings is 1. The molecule has 0 spiro atoms. The lowest BCUT2D eigenvalue weighted by Gasteiger charge is -2.31. The molecular weight excluding hydrogens is 406 g/mol. The molecule has 0 saturated heterocycles. The van der Waals surface area contributed by atoms with Gasteiger partial charge in [0, 0.05) is 24.2 Å². The Hall–Kier alpha value is -2.86. The molecule has 2 N–H and O–H groups in total. The van der Waals surface area contributed by atoms with E-state index in [2.05, 4.69) is 27.3 Å². The van der Waals surface area contributed by atoms with Crippen LogP contribution < -0.4 is 15.6 Å². The van der Waals surface area contributed by atoms with Crippen LogP contribution in [0.2, 0.25) is 0 Å². The first kappa shape index (κ1) is 21.4. The molecule has 0 aliphatic heterocycles. The molecule has 0 atom stereocenters. The highest BCUT2D eigenvalue weighted by Crippen LogP contribution is 2.20. The van der Waals surface area contributed by atoms with E-state index in [1.54, 1.807) is 7.11 Å². The summed E-state index contributed by atoms with van der Waals surface area (Å²) in [6.45, 7) is 1.10. The second-order valence-corrected chi connectivity index (χ2v) is 8.59. The fraction of sp³-hybridized carbons (Fsp3) is 0.360. The Morgan fingerprint density at radius 3 is 2.61 bits per heavy atom. The van der Waals surface area contributed by atoms with Gasteiger partial charge in [0.25, 0.3) is 5.56 Å². The van der Waals surface area contributed by atoms with Crippen molar-refractivity contribution in [3.8, 4) is 5.75 Å². The van der Waals surface area contributed by atoms with Crippen LogP contribution in [0.25, 0.3) is 10.9 Å². The van der Waals surface area contributed by atoms with E-state index in [-0.39, 0.29) is 5.56 Å². The van der Waals surface area contributed by atoms with Crippen LogP contribution >= 0.6 is 12.2 Å². The maximum Gasteiger partial charge on any atom is 0.253 e. The lowest BCUT2D eigenvalue weighted by molar-refractivity contribution is 0.362. The predicted octanol–water partition coefficient (Wildman–Crippen LogP) is 4.75. The van der Waals surface area contributed by atoms with Gasteiger partial charge in [0.05, 0.1) is 19.2 Å². The molecule has 1 saturated carbocycles. The van der Waals surface area contributed by atoms with Crippen molar-refractivity contribution in [3.05, 3.63) is 76.1 Å². The molecule has 3 aromatic rings. The molecule has 0 unspecified atom stereocenters. The molecular formula is C25H29N3O2S. The molecule has 5 nitrogen and oxygen atoms in total. The number of ether oxygens (including phenoxy) is 1. The van der Waals surface area contributed by atoms with Crippen molar-refractivity contribution >= 4 is 28.2 Å². The fourth-order valence-electron chi connectivity index (χ4n) is 4.19. The number of aromatic nitrogens is 1. The normalized spacial score (nSPS) is 14.4. The zero-order chi connectivity index (χ0) is 21.6. The maximum absolute atomic E-state index is 12.8. The van der Waals surface area contributed by atoms with Crippen molar-refractivity contribution in [1.82, 2.24) is 15.2 Å². The molecule has 1 aliphatic carbocycles. The van der Waals surface area contributed by atoms with Gasteiger partial charge in [-0.05, 0) is 54.2 Å². The first-order valence-electron chi connectivity index (χ1n) is 10.9. The van der Waals surface area contributed by atoms with Gasteiger partial charge in [-0.2, -0.15) is 0 Å². The molecule has 1 aromatic heterocycles. The number of methoxy groups -OCH3 is 1. The fourth-order valence-corrected chi connectivity index (χ4v) is 4.49. The van der Waals surface area contributed by atoms with Crippen molar-refractivity contribution in [2.24, 2.45) is 0 Å². The SMILES string of the molecule is COc1ccc2cc(CN(Cc3ccccc3)C(=S)NC3CCCCC3)c(=O)[nH]c2c1. The number of nitrogens with one attached hydrogen (secondary N) is 2. The van der Waals surface area contributed by atoms with Crippen molar-refractivity contribution in [2.45, 2.75) is 51.2 Å². The molecule has 1 aliphatic rings. The van der Waals surface area contributed by atoms with Crippen LogP contribution in [0.3, 0.4) is 0 Å². The van der Waals surface area contributed by atoms with E-state index in [9.17, 15) is 4.79 Å². The molecule has 0 bridgehead atoms. The number of thiocarbonyl (C=S) groups is 1. The van der Waals surface area contributed by atoms with Crippen LogP contribution in [0.4, 0.5) is 0 Å². The van der Waals surface area contributed by atoms with Crippen molar-refractivity contribution in [3.63, 3.8) is 0 Å². The summed E-state index contributed by atoms with van der Waals surface area (Å²) in [7, 11) is 1.62. The molecule has 1 heterocycles. The van der Waals surface area contributed by atoms with Crippen LogP contribution in [0, 0.1) is 0 Å². The van der Waals surface area contributed by atoms with Gasteiger partial charge in [0.15, 0.2) is 5.11 Å². The minimum atomic E-state index is -0.0979. The Morgan fingerprint density at radius 1 is 1.10 bits per heavy atom. The molecule has 31 heavy (non-hydrogen) atoms. The number of hydrogen-bond donors (Lipinski definition) is 2. The minimum Gasteiger partial charge on any atom is -0.497 e. The summed E-state index contributed by atoms with van der Waals surface area (Å²) < 4.78 is 5.27. The van der Waals surface area contributed by atoms with E-state index in [0.29, 0.717) is 29.8 Å². The topological polar surface area (TPSA) is 57.4 Å². The van der Waals surface area contributed by atoms with Gasteiger partial charge in [-0.1, -0.05) is 49.6 Å². The Morgan fingerprint density at radius 2 is 1.87 bits per heavy atom. The van der Waals surface area contributed by atoms with Crippen LogP contribution in [0.15, 0.2) is 59.4 Å². The first-order chi connectivity index (χ1) is 15.1. The van der Waals surface area contributed by atoms with Crippen molar-refractivity contribution < 1.29 is 4.74 Å². The van der Waals surface area contributed by atoms with Crippen LogP contribution in [0.5, 0.6) is 5.75 Å². The van der Waals surface area contributed by atoms with Crippen LogP contribution in [-0.4, -0.2) is 28.1 Å². The number of nitrogens with zero attached hydrogens (tertiary/aromatic N) is 1. The maximum atomic E-state index is 12.8. The number of H-pyrrole nitrogens is 1. The van der Waals surface area contributed by atoms with Gasteiger partial charge in [0.2, 0.25) is 0 Å². The lowest BCUT2D eigenvalue weighted by Crippen LogP contribution is -2.45. The number of rotatable bonds is 6. The number of hydrogen-bond acceptors (Lipinski definition) is 3. The zero-order valence-electron chi connectivity index (χ0n) is 17.9. The summed E-state index contributed by atoms with van der Waals surface area (Å²) in [5.41, 5.74) is 2.53. The van der Waals surface area contributed by atoms with Gasteiger partial charge in [-0.15, -0.1) is 0 Å². The number of fused-ring (bicyclic) bond motifs is 1. The third-order valence-electron chi connectivity index (χ3n) is 5.93. The third-order valence-corrected chi connectivity index (χ3v) is 6.30. The van der Waals surface area contributed by atoms with Gasteiger partial charge < -0.3 is 19.9 Å². The van der Waals surface area contributed by atoms with E-state index >= 15 is 0 Å². The predicted molar refractivity (Wildman–Crippen MR) is 129 cm³/mol. The minimum absolute atomic E-state index is 0.0979. The Balaban J connectivity index is 1.59. The summed E-state index contributed by atoms with van der Waals surface area (Å²) >= 11 is 5.81. The first-order valence-corrected chi connectivity index (χ1v) is 11.3. The molecule has 1 fully saturated rings. The van der Waals surface area contributed by atoms with E-state index < -0.39 is 0 Å². The van der Waals surface area contributed by atoms with E-state index in [0.717, 1.165) is 35.1 Å². The van der Waals surface area contributed by atoms with Crippen molar-refractivity contribution in [2.75, 3.05) is 7.11 Å². The molecule has 0 amide bonds. The third kappa shape index (κ3) is 5.44. The van der Waals surface area contributed by atoms with E-state index in [1.807, 2.05) is 42.5 Å². The van der Waals surface area contributed by atoms with Crippen LogP contribution in [-0.2, 0) is 13.1 Å². The second-order valence-electron chi connectivity index (χ2n) is 8.20. The number of benzene rings is 2. The molecule has 0 radical (unpaired) electrons. The highest BCUT2D eigenvalue weighted by molar-refractivity contribution is 7.80. The van der Waals surface area contributed by atoms with Crippen molar-refractivity contribution in [1.29, 1.82) is 0 Å². The molecule has 6 heteroatoms. The summed E-state index contributed by atoms with van der Waals surface area (Å²) in [4.78, 5) is 17.9. The highest BCUT2D eigenvalue weighted by Gasteiger charge is 2.19. The van der Waals surface area contributed by atoms with Gasteiger partial charge in [0.1, 0.15) is 5.75 Å². The van der Waals surface area contributed by atoms with Gasteiger partial charge in [-0.3, -0.25) is 4.79 Å². The van der Waals surface area contributed by atoms with Crippen LogP contribution in [0.1, 0.15) is 43.2 Å². The largest absolute Gasteiger partial charge is 0.497 e. The summed E-state index contributed by atoms with van der Waals surface area (Å²) in [5, 5.41) is 5.25. The molecule has 2 aromatic carbocycles. The average Bonchev–Trinajstić information content (AvgIpc) is 2.80. The zero-order valence-corrected chi connectivity index (χ0v) is 18.7. The lowest BCUT2D eigenvalue weighted by atomic mass is 9.96. The molecule has 162 valence electrons. The standard InChI is InChI=1S/C25H29N3O2S/c1-30-22-13-12-19-14-20(24(29)27-23(19)15-22)17-28(16-18-8-4-2-5-9-18)25(31)26-21-10-6-3-7-11-21/h2,4-5,8-9,12-15,21H,3,6-7,10-11,16-17H2,1H3,(H,26,31)(H,27,29). The highest BCUT2D eigenvalue weighted by atomic mass is 32.1. The second kappa shape index (κ2) is 9.96. The van der Waals surface area contributed by atoms with Gasteiger partial charge >= 0.3 is 0 Å². The smallest absolute Gasteiger partial charge is 0.253 e. The Kier molecular flexibility index (Phi) is 6.87. The number of aromatic amines is 1. The Bertz CT molecular complexity index is 1090. The van der Waals surface area contributed by atoms with E-state index in [4.69, 9.17) is 17.0 Å². The van der Waals surface area contributed by atoms with Gasteiger partial charge in [-0.25, -0.2) is 0 Å². The summed E-state index contributed by atoms with van der Waals surface area (Å²) in [6, 6.07) is 18.3. The monoisotopic (exact) mass is 435 g/mol. The summed E-state index contributed by atoms with van der Waals surface area (Å²) in [6.07, 6.45) is 6.09. The quantitative estimate of drug-likeness (QED) is 0.548. The average molecular weight is 436 g/mol. The molecule has 4 rings (SSSR count). The Labute approximate surface area is 188 Å². The summed E-state index contributed by atoms with van der Waals surface area (Å²) in [5.74, 6) is 0.722. The van der Waals surface area contributed by atoms with E-state index in [1.165, 1.54) is 19.3 Å².